The largest absolute Gasteiger partial charge is 0.356 e. The zero-order valence-corrected chi connectivity index (χ0v) is 17.6. The van der Waals surface area contributed by atoms with Gasteiger partial charge in [-0.3, -0.25) is 19.3 Å². The van der Waals surface area contributed by atoms with Crippen molar-refractivity contribution in [2.45, 2.75) is 26.2 Å². The van der Waals surface area contributed by atoms with Crippen molar-refractivity contribution < 1.29 is 14.4 Å². The van der Waals surface area contributed by atoms with Crippen LogP contribution in [0.4, 0.5) is 11.8 Å². The summed E-state index contributed by atoms with van der Waals surface area (Å²) < 4.78 is 0. The Kier molecular flexibility index (Phi) is 6.11. The Morgan fingerprint density at radius 2 is 1.68 bits per heavy atom. The lowest BCUT2D eigenvalue weighted by Gasteiger charge is -2.28. The Hall–Kier alpha value is -3.49. The number of aromatic nitrogens is 2. The number of nitrogens with one attached hydrogen (secondary N) is 2. The molecule has 0 atom stereocenters. The van der Waals surface area contributed by atoms with Gasteiger partial charge in [-0.15, -0.1) is 0 Å². The number of nitrogens with zero attached hydrogens (tertiary/aromatic N) is 4. The van der Waals surface area contributed by atoms with E-state index in [4.69, 9.17) is 0 Å². The van der Waals surface area contributed by atoms with Crippen LogP contribution in [0.25, 0.3) is 0 Å². The number of anilines is 2. The van der Waals surface area contributed by atoms with Crippen molar-refractivity contribution in [3.8, 4) is 0 Å². The number of amides is 3. The van der Waals surface area contributed by atoms with Gasteiger partial charge in [0.05, 0.1) is 11.1 Å². The minimum absolute atomic E-state index is 0.299. The zero-order valence-electron chi connectivity index (χ0n) is 17.6. The fourth-order valence-corrected chi connectivity index (χ4v) is 3.87. The predicted molar refractivity (Wildman–Crippen MR) is 116 cm³/mol. The molecular formula is C22H26N6O3. The second-order valence-corrected chi connectivity index (χ2v) is 7.76. The summed E-state index contributed by atoms with van der Waals surface area (Å²) in [6, 6.07) is 8.57. The summed E-state index contributed by atoms with van der Waals surface area (Å²) in [6.45, 7) is 4.39. The van der Waals surface area contributed by atoms with E-state index in [0.717, 1.165) is 29.5 Å². The summed E-state index contributed by atoms with van der Waals surface area (Å²) in [5.74, 6) is 0.176. The molecule has 3 amide bonds. The van der Waals surface area contributed by atoms with Crippen LogP contribution in [0, 0.1) is 6.92 Å². The third-order valence-corrected chi connectivity index (χ3v) is 5.43. The van der Waals surface area contributed by atoms with E-state index in [1.165, 1.54) is 19.3 Å². The van der Waals surface area contributed by atoms with Gasteiger partial charge in [-0.2, -0.15) is 4.98 Å². The number of carbonyl (C=O) groups is 3. The maximum atomic E-state index is 12.3. The first-order chi connectivity index (χ1) is 15.0. The van der Waals surface area contributed by atoms with Gasteiger partial charge >= 0.3 is 0 Å². The molecule has 0 unspecified atom stereocenters. The molecule has 2 aliphatic heterocycles. The molecule has 1 aromatic carbocycles. The average molecular weight is 422 g/mol. The van der Waals surface area contributed by atoms with Crippen LogP contribution in [-0.2, 0) is 4.79 Å². The van der Waals surface area contributed by atoms with E-state index in [9.17, 15) is 14.4 Å². The Bertz CT molecular complexity index is 967. The average Bonchev–Trinajstić information content (AvgIpc) is 3.02. The number of imide groups is 1. The number of rotatable bonds is 7. The standard InChI is InChI=1S/C22H26N6O3/c1-15-13-18(27-11-5-2-6-12-27)26-22(25-15)24-10-9-23-19(29)14-28-20(30)16-7-3-4-8-17(16)21(28)31/h3-4,7-8,13H,2,5-6,9-12,14H2,1H3,(H,23,29)(H,24,25,26). The highest BCUT2D eigenvalue weighted by molar-refractivity contribution is 6.22. The first-order valence-corrected chi connectivity index (χ1v) is 10.6. The molecule has 0 radical (unpaired) electrons. The molecule has 2 aliphatic rings. The molecule has 2 N–H and O–H groups in total. The molecule has 1 fully saturated rings. The van der Waals surface area contributed by atoms with Gasteiger partial charge in [0.25, 0.3) is 11.8 Å². The van der Waals surface area contributed by atoms with Crippen LogP contribution in [0.5, 0.6) is 0 Å². The summed E-state index contributed by atoms with van der Waals surface area (Å²) in [5.41, 5.74) is 1.55. The highest BCUT2D eigenvalue weighted by Gasteiger charge is 2.36. The van der Waals surface area contributed by atoms with Crippen molar-refractivity contribution in [3.63, 3.8) is 0 Å². The molecule has 0 bridgehead atoms. The lowest BCUT2D eigenvalue weighted by Crippen LogP contribution is -2.41. The monoisotopic (exact) mass is 422 g/mol. The molecule has 0 spiro atoms. The maximum absolute atomic E-state index is 12.3. The predicted octanol–water partition coefficient (Wildman–Crippen LogP) is 1.60. The van der Waals surface area contributed by atoms with Crippen molar-refractivity contribution in [2.75, 3.05) is 42.9 Å². The molecule has 9 heteroatoms. The quantitative estimate of drug-likeness (QED) is 0.515. The van der Waals surface area contributed by atoms with Crippen LogP contribution < -0.4 is 15.5 Å². The van der Waals surface area contributed by atoms with Crippen LogP contribution in [0.2, 0.25) is 0 Å². The normalized spacial score (nSPS) is 15.8. The van der Waals surface area contributed by atoms with Gasteiger partial charge in [-0.05, 0) is 38.3 Å². The third kappa shape index (κ3) is 4.65. The highest BCUT2D eigenvalue weighted by Crippen LogP contribution is 2.22. The van der Waals surface area contributed by atoms with Crippen LogP contribution in [0.1, 0.15) is 45.7 Å². The fourth-order valence-electron chi connectivity index (χ4n) is 3.87. The minimum Gasteiger partial charge on any atom is -0.356 e. The number of hydrogen-bond donors (Lipinski definition) is 2. The SMILES string of the molecule is Cc1cc(N2CCCCC2)nc(NCCNC(=O)CN2C(=O)c3ccccc3C2=O)n1. The Morgan fingerprint density at radius 3 is 2.35 bits per heavy atom. The highest BCUT2D eigenvalue weighted by atomic mass is 16.2. The summed E-state index contributed by atoms with van der Waals surface area (Å²) in [6.07, 6.45) is 3.60. The number of carbonyl (C=O) groups excluding carboxylic acids is 3. The van der Waals surface area contributed by atoms with Crippen molar-refractivity contribution in [1.29, 1.82) is 0 Å². The Morgan fingerprint density at radius 1 is 1.00 bits per heavy atom. The van der Waals surface area contributed by atoms with Gasteiger partial charge in [-0.1, -0.05) is 12.1 Å². The van der Waals surface area contributed by atoms with E-state index < -0.39 is 17.7 Å². The molecular weight excluding hydrogens is 396 g/mol. The van der Waals surface area contributed by atoms with Crippen LogP contribution in [-0.4, -0.2) is 65.3 Å². The zero-order chi connectivity index (χ0) is 21.8. The van der Waals surface area contributed by atoms with Gasteiger partial charge in [0, 0.05) is 37.9 Å². The number of fused-ring (bicyclic) bond motifs is 1. The molecule has 1 saturated heterocycles. The topological polar surface area (TPSA) is 108 Å². The lowest BCUT2D eigenvalue weighted by molar-refractivity contribution is -0.121. The first-order valence-electron chi connectivity index (χ1n) is 10.6. The van der Waals surface area contributed by atoms with Crippen LogP contribution >= 0.6 is 0 Å². The van der Waals surface area contributed by atoms with Crippen molar-refractivity contribution >= 4 is 29.5 Å². The minimum atomic E-state index is -0.438. The van der Waals surface area contributed by atoms with E-state index in [0.29, 0.717) is 30.2 Å². The van der Waals surface area contributed by atoms with E-state index in [1.807, 2.05) is 13.0 Å². The van der Waals surface area contributed by atoms with Crippen molar-refractivity contribution in [1.82, 2.24) is 20.2 Å². The second kappa shape index (κ2) is 9.11. The fraction of sp³-hybridized carbons (Fsp3) is 0.409. The van der Waals surface area contributed by atoms with Crippen LogP contribution in [0.3, 0.4) is 0 Å². The van der Waals surface area contributed by atoms with Gasteiger partial charge in [0.2, 0.25) is 11.9 Å². The lowest BCUT2D eigenvalue weighted by atomic mass is 10.1. The van der Waals surface area contributed by atoms with E-state index >= 15 is 0 Å². The number of benzene rings is 1. The van der Waals surface area contributed by atoms with Crippen molar-refractivity contribution in [2.24, 2.45) is 0 Å². The molecule has 3 heterocycles. The van der Waals surface area contributed by atoms with Crippen LogP contribution in [0.15, 0.2) is 30.3 Å². The smallest absolute Gasteiger partial charge is 0.262 e. The summed E-state index contributed by atoms with van der Waals surface area (Å²) in [4.78, 5) is 49.2. The molecule has 0 saturated carbocycles. The second-order valence-electron chi connectivity index (χ2n) is 7.76. The van der Waals surface area contributed by atoms with Gasteiger partial charge in [0.15, 0.2) is 0 Å². The van der Waals surface area contributed by atoms with Crippen molar-refractivity contribution in [3.05, 3.63) is 47.2 Å². The number of hydrogen-bond acceptors (Lipinski definition) is 7. The van der Waals surface area contributed by atoms with E-state index in [2.05, 4.69) is 25.5 Å². The molecule has 31 heavy (non-hydrogen) atoms. The van der Waals surface area contributed by atoms with E-state index in [-0.39, 0.29) is 6.54 Å². The number of piperidine rings is 1. The Balaban J connectivity index is 1.26. The van der Waals surface area contributed by atoms with E-state index in [1.54, 1.807) is 24.3 Å². The summed E-state index contributed by atoms with van der Waals surface area (Å²) >= 11 is 0. The maximum Gasteiger partial charge on any atom is 0.262 e. The molecule has 1 aromatic heterocycles. The summed E-state index contributed by atoms with van der Waals surface area (Å²) in [7, 11) is 0. The van der Waals surface area contributed by atoms with Gasteiger partial charge in [-0.25, -0.2) is 4.98 Å². The molecule has 2 aromatic rings. The van der Waals surface area contributed by atoms with Gasteiger partial charge in [0.1, 0.15) is 12.4 Å². The molecule has 9 nitrogen and oxygen atoms in total. The summed E-state index contributed by atoms with van der Waals surface area (Å²) in [5, 5.41) is 5.86. The Labute approximate surface area is 180 Å². The van der Waals surface area contributed by atoms with Gasteiger partial charge < -0.3 is 15.5 Å². The molecule has 162 valence electrons. The third-order valence-electron chi connectivity index (χ3n) is 5.43. The molecule has 0 aliphatic carbocycles. The molecule has 4 rings (SSSR count). The number of aryl methyl sites for hydroxylation is 1. The first kappa shape index (κ1) is 20.8.